The SMILES string of the molecule is COCCNC(=O)CN(C)S(=O)(=O)c1c(Br)nnn1C. The normalized spacial score (nSPS) is 11.8. The molecular weight excluding hydrogens is 354 g/mol. The zero-order chi connectivity index (χ0) is 15.3. The summed E-state index contributed by atoms with van der Waals surface area (Å²) in [5, 5.41) is 9.65. The van der Waals surface area contributed by atoms with Crippen molar-refractivity contribution in [2.24, 2.45) is 7.05 Å². The molecule has 0 aliphatic heterocycles. The molecule has 0 spiro atoms. The van der Waals surface area contributed by atoms with Gasteiger partial charge in [0.05, 0.1) is 13.2 Å². The van der Waals surface area contributed by atoms with E-state index in [9.17, 15) is 13.2 Å². The van der Waals surface area contributed by atoms with Gasteiger partial charge in [-0.3, -0.25) is 4.79 Å². The topological polar surface area (TPSA) is 106 Å². The molecule has 1 aromatic heterocycles. The Bertz CT molecular complexity index is 553. The molecule has 0 aliphatic carbocycles. The minimum Gasteiger partial charge on any atom is -0.383 e. The zero-order valence-electron chi connectivity index (χ0n) is 11.3. The molecule has 0 fully saturated rings. The summed E-state index contributed by atoms with van der Waals surface area (Å²) in [5.74, 6) is -0.417. The maximum atomic E-state index is 12.3. The van der Waals surface area contributed by atoms with E-state index in [1.54, 1.807) is 0 Å². The van der Waals surface area contributed by atoms with Crippen molar-refractivity contribution in [2.45, 2.75) is 5.03 Å². The van der Waals surface area contributed by atoms with Crippen LogP contribution in [0.2, 0.25) is 0 Å². The van der Waals surface area contributed by atoms with Gasteiger partial charge >= 0.3 is 0 Å². The van der Waals surface area contributed by atoms with Crippen LogP contribution in [0.15, 0.2) is 9.63 Å². The molecule has 9 nitrogen and oxygen atoms in total. The summed E-state index contributed by atoms with van der Waals surface area (Å²) in [7, 11) is 0.425. The number of hydrogen-bond donors (Lipinski definition) is 1. The lowest BCUT2D eigenvalue weighted by Crippen LogP contribution is -2.39. The zero-order valence-corrected chi connectivity index (χ0v) is 13.7. The molecule has 1 aromatic rings. The molecule has 0 atom stereocenters. The van der Waals surface area contributed by atoms with Crippen LogP contribution in [0.3, 0.4) is 0 Å². The quantitative estimate of drug-likeness (QED) is 0.615. The first kappa shape index (κ1) is 17.0. The van der Waals surface area contributed by atoms with E-state index in [0.29, 0.717) is 13.2 Å². The summed E-state index contributed by atoms with van der Waals surface area (Å²) in [5.41, 5.74) is 0. The maximum Gasteiger partial charge on any atom is 0.263 e. The van der Waals surface area contributed by atoms with Crippen molar-refractivity contribution in [2.75, 3.05) is 33.9 Å². The lowest BCUT2D eigenvalue weighted by molar-refractivity contribution is -0.121. The van der Waals surface area contributed by atoms with Crippen molar-refractivity contribution in [3.05, 3.63) is 4.60 Å². The second-order valence-electron chi connectivity index (χ2n) is 3.91. The van der Waals surface area contributed by atoms with Gasteiger partial charge in [0, 0.05) is 27.7 Å². The van der Waals surface area contributed by atoms with Gasteiger partial charge in [0.15, 0.2) is 4.60 Å². The molecule has 0 radical (unpaired) electrons. The first-order valence-electron chi connectivity index (χ1n) is 5.58. The second-order valence-corrected chi connectivity index (χ2v) is 6.62. The van der Waals surface area contributed by atoms with Crippen LogP contribution in [0.1, 0.15) is 0 Å². The van der Waals surface area contributed by atoms with Crippen molar-refractivity contribution < 1.29 is 17.9 Å². The van der Waals surface area contributed by atoms with Gasteiger partial charge in [-0.1, -0.05) is 5.21 Å². The van der Waals surface area contributed by atoms with Crippen molar-refractivity contribution in [1.82, 2.24) is 24.6 Å². The standard InChI is InChI=1S/C9H16BrN5O4S/c1-14(6-7(16)11-4-5-19-3)20(17,18)9-8(10)12-13-15(9)2/h4-6H2,1-3H3,(H,11,16). The highest BCUT2D eigenvalue weighted by Crippen LogP contribution is 2.20. The minimum absolute atomic E-state index is 0.103. The van der Waals surface area contributed by atoms with Crippen molar-refractivity contribution in [1.29, 1.82) is 0 Å². The van der Waals surface area contributed by atoms with Crippen LogP contribution in [0.25, 0.3) is 0 Å². The van der Waals surface area contributed by atoms with Crippen LogP contribution < -0.4 is 5.32 Å². The van der Waals surface area contributed by atoms with E-state index in [2.05, 4.69) is 31.6 Å². The van der Waals surface area contributed by atoms with Gasteiger partial charge in [-0.2, -0.15) is 4.31 Å². The lowest BCUT2D eigenvalue weighted by atomic mass is 10.5. The van der Waals surface area contributed by atoms with Gasteiger partial charge in [0.2, 0.25) is 10.9 Å². The van der Waals surface area contributed by atoms with E-state index >= 15 is 0 Å². The van der Waals surface area contributed by atoms with Crippen molar-refractivity contribution >= 4 is 31.9 Å². The molecule has 0 unspecified atom stereocenters. The number of hydrogen-bond acceptors (Lipinski definition) is 6. The number of sulfonamides is 1. The third-order valence-electron chi connectivity index (χ3n) is 2.39. The predicted octanol–water partition coefficient (Wildman–Crippen LogP) is -1.04. The van der Waals surface area contributed by atoms with Crippen molar-refractivity contribution in [3.63, 3.8) is 0 Å². The Morgan fingerprint density at radius 2 is 2.20 bits per heavy atom. The van der Waals surface area contributed by atoms with Gasteiger partial charge < -0.3 is 10.1 Å². The smallest absolute Gasteiger partial charge is 0.263 e. The summed E-state index contributed by atoms with van der Waals surface area (Å²) in [6, 6.07) is 0. The number of nitrogens with zero attached hydrogens (tertiary/aromatic N) is 4. The molecule has 0 aromatic carbocycles. The highest BCUT2D eigenvalue weighted by Gasteiger charge is 2.29. The summed E-state index contributed by atoms with van der Waals surface area (Å²) in [6.07, 6.45) is 0. The Hall–Kier alpha value is -1.04. The number of aromatic nitrogens is 3. The summed E-state index contributed by atoms with van der Waals surface area (Å²) >= 11 is 3.02. The Kier molecular flexibility index (Phi) is 6.05. The molecule has 1 rings (SSSR count). The maximum absolute atomic E-state index is 12.3. The molecule has 0 saturated heterocycles. The molecule has 114 valence electrons. The van der Waals surface area contributed by atoms with E-state index in [4.69, 9.17) is 4.74 Å². The Labute approximate surface area is 125 Å². The van der Waals surface area contributed by atoms with Gasteiger partial charge in [-0.15, -0.1) is 5.10 Å². The van der Waals surface area contributed by atoms with Crippen LogP contribution >= 0.6 is 15.9 Å². The van der Waals surface area contributed by atoms with Gasteiger partial charge in [0.1, 0.15) is 0 Å². The van der Waals surface area contributed by atoms with Gasteiger partial charge in [0.25, 0.3) is 10.0 Å². The van der Waals surface area contributed by atoms with Crippen LogP contribution in [-0.2, 0) is 26.6 Å². The number of carbonyl (C=O) groups excluding carboxylic acids is 1. The predicted molar refractivity (Wildman–Crippen MR) is 73.4 cm³/mol. The molecule has 0 aliphatic rings. The van der Waals surface area contributed by atoms with E-state index in [0.717, 1.165) is 8.99 Å². The molecule has 1 N–H and O–H groups in total. The van der Waals surface area contributed by atoms with Crippen LogP contribution in [-0.4, -0.2) is 67.5 Å². The van der Waals surface area contributed by atoms with E-state index in [1.807, 2.05) is 0 Å². The molecule has 1 amide bonds. The highest BCUT2D eigenvalue weighted by atomic mass is 79.9. The third-order valence-corrected chi connectivity index (χ3v) is 5.08. The van der Waals surface area contributed by atoms with Gasteiger partial charge in [-0.05, 0) is 15.9 Å². The molecule has 1 heterocycles. The van der Waals surface area contributed by atoms with E-state index in [-0.39, 0.29) is 16.2 Å². The highest BCUT2D eigenvalue weighted by molar-refractivity contribution is 9.10. The molecule has 0 saturated carbocycles. The monoisotopic (exact) mass is 369 g/mol. The number of halogens is 1. The summed E-state index contributed by atoms with van der Waals surface area (Å²) < 4.78 is 31.5. The number of carbonyl (C=O) groups is 1. The Morgan fingerprint density at radius 3 is 2.70 bits per heavy atom. The first-order valence-corrected chi connectivity index (χ1v) is 7.81. The Morgan fingerprint density at radius 1 is 1.55 bits per heavy atom. The first-order chi connectivity index (χ1) is 9.30. The number of likely N-dealkylation sites (N-methyl/N-ethyl adjacent to an activating group) is 1. The number of nitrogens with one attached hydrogen (secondary N) is 1. The molecular formula is C9H16BrN5O4S. The fourth-order valence-electron chi connectivity index (χ4n) is 1.38. The van der Waals surface area contributed by atoms with E-state index in [1.165, 1.54) is 21.2 Å². The fraction of sp³-hybridized carbons (Fsp3) is 0.667. The minimum atomic E-state index is -3.85. The van der Waals surface area contributed by atoms with Crippen molar-refractivity contribution in [3.8, 4) is 0 Å². The third kappa shape index (κ3) is 3.98. The van der Waals surface area contributed by atoms with E-state index < -0.39 is 15.9 Å². The van der Waals surface area contributed by atoms with Gasteiger partial charge in [-0.25, -0.2) is 13.1 Å². The number of methoxy groups -OCH3 is 1. The number of aryl methyl sites for hydroxylation is 1. The van der Waals surface area contributed by atoms with Crippen LogP contribution in [0.5, 0.6) is 0 Å². The summed E-state index contributed by atoms with van der Waals surface area (Å²) in [4.78, 5) is 11.6. The lowest BCUT2D eigenvalue weighted by Gasteiger charge is -2.16. The largest absolute Gasteiger partial charge is 0.383 e. The number of amides is 1. The molecule has 20 heavy (non-hydrogen) atoms. The second kappa shape index (κ2) is 7.11. The average Bonchev–Trinajstić information content (AvgIpc) is 2.69. The fourth-order valence-corrected chi connectivity index (χ4v) is 3.53. The van der Waals surface area contributed by atoms with Crippen LogP contribution in [0.4, 0.5) is 0 Å². The Balaban J connectivity index is 2.76. The summed E-state index contributed by atoms with van der Waals surface area (Å²) in [6.45, 7) is 0.378. The molecule has 11 heteroatoms. The number of ether oxygens (including phenoxy) is 1. The average molecular weight is 370 g/mol. The van der Waals surface area contributed by atoms with Crippen LogP contribution in [0, 0.1) is 0 Å². The molecule has 0 bridgehead atoms. The number of rotatable bonds is 7.